The number of amides is 1. The Morgan fingerprint density at radius 2 is 2.00 bits per heavy atom. The minimum absolute atomic E-state index is 0.0469. The molecule has 1 fully saturated rings. The molecule has 0 spiro atoms. The maximum Gasteiger partial charge on any atom is 0.305 e. The second-order valence-corrected chi connectivity index (χ2v) is 9.55. The molecule has 1 aromatic heterocycles. The van der Waals surface area contributed by atoms with E-state index in [9.17, 15) is 19.7 Å². The molecular weight excluding hydrogens is 458 g/mol. The quantitative estimate of drug-likeness (QED) is 0.308. The normalized spacial score (nSPS) is 23.8. The first kappa shape index (κ1) is 25.8. The van der Waals surface area contributed by atoms with Crippen molar-refractivity contribution in [3.63, 3.8) is 0 Å². The Kier molecular flexibility index (Phi) is 9.14. The third-order valence-electron chi connectivity index (χ3n) is 6.36. The highest BCUT2D eigenvalue weighted by molar-refractivity contribution is 7.10. The molecule has 2 aromatic rings. The fraction of sp³-hybridized carbons (Fsp3) is 0.500. The number of hydrogen-bond donors (Lipinski definition) is 3. The first-order chi connectivity index (χ1) is 16.3. The van der Waals surface area contributed by atoms with E-state index in [4.69, 9.17) is 9.84 Å². The maximum absolute atomic E-state index is 13.2. The molecule has 184 valence electrons. The topological polar surface area (TPSA) is 131 Å². The van der Waals surface area contributed by atoms with E-state index >= 15 is 0 Å². The van der Waals surface area contributed by atoms with Gasteiger partial charge in [0, 0.05) is 16.3 Å². The van der Waals surface area contributed by atoms with Gasteiger partial charge in [-0.1, -0.05) is 56.7 Å². The van der Waals surface area contributed by atoms with Crippen LogP contribution in [0.1, 0.15) is 43.2 Å². The van der Waals surface area contributed by atoms with Gasteiger partial charge in [0.05, 0.1) is 31.1 Å². The zero-order valence-corrected chi connectivity index (χ0v) is 20.1. The number of nitrogens with zero attached hydrogens (tertiary/aromatic N) is 1. The molecule has 34 heavy (non-hydrogen) atoms. The largest absolute Gasteiger partial charge is 0.481 e. The summed E-state index contributed by atoms with van der Waals surface area (Å²) in [5.74, 6) is -2.27. The van der Waals surface area contributed by atoms with Crippen molar-refractivity contribution in [2.24, 2.45) is 11.8 Å². The Balaban J connectivity index is 1.94. The van der Waals surface area contributed by atoms with Crippen molar-refractivity contribution in [3.05, 3.63) is 68.4 Å². The van der Waals surface area contributed by atoms with Crippen LogP contribution in [0, 0.1) is 22.0 Å². The summed E-state index contributed by atoms with van der Waals surface area (Å²) in [5, 5.41) is 29.0. The van der Waals surface area contributed by atoms with Gasteiger partial charge in [-0.25, -0.2) is 0 Å². The first-order valence-corrected chi connectivity index (χ1v) is 12.3. The number of rotatable bonds is 12. The molecule has 1 saturated heterocycles. The third-order valence-corrected chi connectivity index (χ3v) is 7.32. The minimum atomic E-state index is -1.08. The van der Waals surface area contributed by atoms with Crippen molar-refractivity contribution in [2.45, 2.75) is 57.5 Å². The highest BCUT2D eigenvalue weighted by Gasteiger charge is 2.58. The SMILES string of the molecule is CC[C@H](C)C(OCc1ccccc1)[C@H]1[C@H]([N+](=O)[O-])[C@@H](c2cccs2)N[C@@H]1C(=O)NCCC(=O)O. The number of carboxylic acid groups (broad SMARTS) is 1. The summed E-state index contributed by atoms with van der Waals surface area (Å²) >= 11 is 1.40. The van der Waals surface area contributed by atoms with Crippen LogP contribution in [0.4, 0.5) is 0 Å². The summed E-state index contributed by atoms with van der Waals surface area (Å²) in [7, 11) is 0. The predicted molar refractivity (Wildman–Crippen MR) is 128 cm³/mol. The van der Waals surface area contributed by atoms with Gasteiger partial charge in [-0.15, -0.1) is 11.3 Å². The molecule has 1 amide bonds. The number of carboxylic acids is 1. The van der Waals surface area contributed by atoms with Crippen LogP contribution in [-0.4, -0.2) is 46.6 Å². The summed E-state index contributed by atoms with van der Waals surface area (Å²) in [5.41, 5.74) is 0.941. The molecule has 3 rings (SSSR count). The molecule has 10 heteroatoms. The molecule has 9 nitrogen and oxygen atoms in total. The number of thiophene rings is 1. The van der Waals surface area contributed by atoms with Gasteiger partial charge in [0.25, 0.3) is 0 Å². The lowest BCUT2D eigenvalue weighted by Gasteiger charge is -2.32. The van der Waals surface area contributed by atoms with E-state index in [1.807, 2.05) is 61.7 Å². The molecule has 3 N–H and O–H groups in total. The molecule has 6 atom stereocenters. The number of aliphatic carboxylic acids is 1. The summed E-state index contributed by atoms with van der Waals surface area (Å²) in [6, 6.07) is 10.6. The summed E-state index contributed by atoms with van der Waals surface area (Å²) in [6.45, 7) is 4.19. The van der Waals surface area contributed by atoms with Crippen LogP contribution in [0.5, 0.6) is 0 Å². The van der Waals surface area contributed by atoms with E-state index in [2.05, 4.69) is 10.6 Å². The fourth-order valence-corrected chi connectivity index (χ4v) is 5.32. The molecule has 1 aliphatic rings. The molecule has 0 bridgehead atoms. The molecule has 0 saturated carbocycles. The van der Waals surface area contributed by atoms with Crippen LogP contribution in [-0.2, 0) is 20.9 Å². The van der Waals surface area contributed by atoms with Gasteiger partial charge in [0.2, 0.25) is 11.9 Å². The van der Waals surface area contributed by atoms with Gasteiger partial charge < -0.3 is 15.2 Å². The number of carbonyl (C=O) groups is 2. The highest BCUT2D eigenvalue weighted by atomic mass is 32.1. The smallest absolute Gasteiger partial charge is 0.305 e. The van der Waals surface area contributed by atoms with Crippen molar-refractivity contribution >= 4 is 23.2 Å². The van der Waals surface area contributed by atoms with Crippen LogP contribution in [0.15, 0.2) is 47.8 Å². The average Bonchev–Trinajstić information content (AvgIpc) is 3.47. The number of ether oxygens (including phenoxy) is 1. The fourth-order valence-electron chi connectivity index (χ4n) is 4.49. The number of nitro groups is 1. The Hall–Kier alpha value is -2.82. The van der Waals surface area contributed by atoms with E-state index in [-0.39, 0.29) is 30.4 Å². The molecule has 1 aliphatic heterocycles. The molecular formula is C24H31N3O6S. The lowest BCUT2D eigenvalue weighted by atomic mass is 9.81. The number of hydrogen-bond acceptors (Lipinski definition) is 7. The first-order valence-electron chi connectivity index (χ1n) is 11.4. The number of nitrogens with one attached hydrogen (secondary N) is 2. The van der Waals surface area contributed by atoms with Crippen LogP contribution >= 0.6 is 11.3 Å². The van der Waals surface area contributed by atoms with Crippen molar-refractivity contribution < 1.29 is 24.4 Å². The monoisotopic (exact) mass is 489 g/mol. The van der Waals surface area contributed by atoms with Gasteiger partial charge in [-0.2, -0.15) is 0 Å². The zero-order chi connectivity index (χ0) is 24.7. The van der Waals surface area contributed by atoms with Gasteiger partial charge in [-0.3, -0.25) is 25.0 Å². The van der Waals surface area contributed by atoms with Crippen LogP contribution in [0.3, 0.4) is 0 Å². The molecule has 1 unspecified atom stereocenters. The van der Waals surface area contributed by atoms with Gasteiger partial charge in [0.15, 0.2) is 0 Å². The lowest BCUT2D eigenvalue weighted by Crippen LogP contribution is -2.51. The van der Waals surface area contributed by atoms with Crippen LogP contribution in [0.2, 0.25) is 0 Å². The Labute approximate surface area is 202 Å². The van der Waals surface area contributed by atoms with E-state index < -0.39 is 42.0 Å². The highest BCUT2D eigenvalue weighted by Crippen LogP contribution is 2.41. The predicted octanol–water partition coefficient (Wildman–Crippen LogP) is 3.24. The van der Waals surface area contributed by atoms with Gasteiger partial charge in [0.1, 0.15) is 6.04 Å². The van der Waals surface area contributed by atoms with E-state index in [1.165, 1.54) is 11.3 Å². The molecule has 2 heterocycles. The summed E-state index contributed by atoms with van der Waals surface area (Å²) < 4.78 is 6.32. The van der Waals surface area contributed by atoms with E-state index in [0.29, 0.717) is 0 Å². The average molecular weight is 490 g/mol. The zero-order valence-electron chi connectivity index (χ0n) is 19.3. The van der Waals surface area contributed by atoms with Crippen LogP contribution in [0.25, 0.3) is 0 Å². The number of benzene rings is 1. The van der Waals surface area contributed by atoms with Gasteiger partial charge in [-0.05, 0) is 22.9 Å². The number of carbonyl (C=O) groups excluding carboxylic acids is 1. The lowest BCUT2D eigenvalue weighted by molar-refractivity contribution is -0.535. The van der Waals surface area contributed by atoms with E-state index in [1.54, 1.807) is 0 Å². The van der Waals surface area contributed by atoms with Crippen molar-refractivity contribution in [3.8, 4) is 0 Å². The van der Waals surface area contributed by atoms with Crippen molar-refractivity contribution in [2.75, 3.05) is 6.54 Å². The Morgan fingerprint density at radius 3 is 2.59 bits per heavy atom. The minimum Gasteiger partial charge on any atom is -0.481 e. The standard InChI is InChI=1S/C24H31N3O6S/c1-3-15(2)23(33-14-16-8-5-4-6-9-16)19-21(24(30)25-12-11-18(28)29)26-20(22(19)27(31)32)17-10-7-13-34-17/h4-10,13,15,19-23,26H,3,11-12,14H2,1-2H3,(H,25,30)(H,28,29)/t15-,19+,20+,21-,22-,23?/m0/s1. The second-order valence-electron chi connectivity index (χ2n) is 8.57. The molecule has 0 aliphatic carbocycles. The molecule has 1 aromatic carbocycles. The van der Waals surface area contributed by atoms with Crippen molar-refractivity contribution in [1.29, 1.82) is 0 Å². The second kappa shape index (κ2) is 12.0. The van der Waals surface area contributed by atoms with Crippen molar-refractivity contribution in [1.82, 2.24) is 10.6 Å². The Bertz CT molecular complexity index is 955. The van der Waals surface area contributed by atoms with Gasteiger partial charge >= 0.3 is 5.97 Å². The summed E-state index contributed by atoms with van der Waals surface area (Å²) in [6.07, 6.45) is -0.0689. The maximum atomic E-state index is 13.2. The van der Waals surface area contributed by atoms with Crippen LogP contribution < -0.4 is 10.6 Å². The van der Waals surface area contributed by atoms with E-state index in [0.717, 1.165) is 16.9 Å². The summed E-state index contributed by atoms with van der Waals surface area (Å²) in [4.78, 5) is 36.9. The third kappa shape index (κ3) is 6.19. The Morgan fingerprint density at radius 1 is 1.26 bits per heavy atom. The molecule has 0 radical (unpaired) electrons.